The van der Waals surface area contributed by atoms with Gasteiger partial charge in [0.2, 0.25) is 5.91 Å². The zero-order chi connectivity index (χ0) is 17.1. The van der Waals surface area contributed by atoms with Gasteiger partial charge in [-0.1, -0.05) is 30.3 Å². The largest absolute Gasteiger partial charge is 0.343 e. The highest BCUT2D eigenvalue weighted by molar-refractivity contribution is 5.76. The van der Waals surface area contributed by atoms with Gasteiger partial charge in [-0.25, -0.2) is 0 Å². The molecule has 4 heteroatoms. The van der Waals surface area contributed by atoms with Crippen LogP contribution in [0, 0.1) is 5.92 Å². The van der Waals surface area contributed by atoms with Gasteiger partial charge in [0.05, 0.1) is 0 Å². The molecule has 4 fully saturated rings. The Morgan fingerprint density at radius 1 is 1.00 bits per heavy atom. The van der Waals surface area contributed by atoms with Gasteiger partial charge in [-0.05, 0) is 37.2 Å². The SMILES string of the molecule is O=C(CCN1C[C@H]2CC[C@@H](C1)N(Cc1ccccc1)C2)N1CCCC1. The van der Waals surface area contributed by atoms with Gasteiger partial charge in [-0.15, -0.1) is 0 Å². The van der Waals surface area contributed by atoms with Crippen molar-refractivity contribution in [2.45, 2.75) is 44.7 Å². The number of rotatable bonds is 5. The van der Waals surface area contributed by atoms with Gasteiger partial charge >= 0.3 is 0 Å². The van der Waals surface area contributed by atoms with Crippen molar-refractivity contribution in [2.24, 2.45) is 5.92 Å². The smallest absolute Gasteiger partial charge is 0.223 e. The predicted molar refractivity (Wildman–Crippen MR) is 100 cm³/mol. The van der Waals surface area contributed by atoms with E-state index < -0.39 is 0 Å². The Bertz CT molecular complexity index is 570. The minimum atomic E-state index is 0.371. The van der Waals surface area contributed by atoms with Crippen LogP contribution >= 0.6 is 0 Å². The Morgan fingerprint density at radius 2 is 1.80 bits per heavy atom. The third kappa shape index (κ3) is 4.24. The van der Waals surface area contributed by atoms with Gasteiger partial charge in [-0.3, -0.25) is 9.69 Å². The summed E-state index contributed by atoms with van der Waals surface area (Å²) in [6, 6.07) is 11.5. The molecule has 4 aliphatic heterocycles. The first kappa shape index (κ1) is 17.0. The maximum Gasteiger partial charge on any atom is 0.223 e. The number of carbonyl (C=O) groups excluding carboxylic acids is 1. The highest BCUT2D eigenvalue weighted by Crippen LogP contribution is 2.29. The van der Waals surface area contributed by atoms with Crippen LogP contribution in [-0.4, -0.2) is 65.9 Å². The minimum Gasteiger partial charge on any atom is -0.343 e. The molecular formula is C21H31N3O. The average molecular weight is 341 g/mol. The molecule has 5 rings (SSSR count). The molecule has 4 saturated heterocycles. The summed E-state index contributed by atoms with van der Waals surface area (Å²) in [5.41, 5.74) is 1.42. The van der Waals surface area contributed by atoms with E-state index in [1.807, 2.05) is 0 Å². The number of piperidine rings is 1. The van der Waals surface area contributed by atoms with Crippen LogP contribution in [0.3, 0.4) is 0 Å². The molecule has 2 bridgehead atoms. The van der Waals surface area contributed by atoms with Gasteiger partial charge in [0.25, 0.3) is 0 Å². The van der Waals surface area contributed by atoms with E-state index in [1.54, 1.807) is 0 Å². The Morgan fingerprint density at radius 3 is 2.60 bits per heavy atom. The Kier molecular flexibility index (Phi) is 5.37. The molecule has 25 heavy (non-hydrogen) atoms. The molecule has 2 atom stereocenters. The van der Waals surface area contributed by atoms with E-state index in [1.165, 1.54) is 44.3 Å². The molecule has 0 aliphatic carbocycles. The van der Waals surface area contributed by atoms with Gasteiger partial charge in [0.1, 0.15) is 0 Å². The van der Waals surface area contributed by atoms with Crippen LogP contribution in [0.2, 0.25) is 0 Å². The van der Waals surface area contributed by atoms with Crippen molar-refractivity contribution in [1.29, 1.82) is 0 Å². The normalized spacial score (nSPS) is 27.6. The van der Waals surface area contributed by atoms with Gasteiger partial charge in [0, 0.05) is 58.3 Å². The Hall–Kier alpha value is -1.39. The van der Waals surface area contributed by atoms with Crippen molar-refractivity contribution >= 4 is 5.91 Å². The van der Waals surface area contributed by atoms with Crippen LogP contribution < -0.4 is 0 Å². The summed E-state index contributed by atoms with van der Waals surface area (Å²) in [6.07, 6.45) is 5.75. The summed E-state index contributed by atoms with van der Waals surface area (Å²) < 4.78 is 0. The summed E-state index contributed by atoms with van der Waals surface area (Å²) >= 11 is 0. The molecule has 1 amide bonds. The maximum atomic E-state index is 12.3. The van der Waals surface area contributed by atoms with Crippen molar-refractivity contribution in [3.63, 3.8) is 0 Å². The third-order valence-corrected chi connectivity index (χ3v) is 6.23. The van der Waals surface area contributed by atoms with Crippen LogP contribution in [0.5, 0.6) is 0 Å². The summed E-state index contributed by atoms with van der Waals surface area (Å²) in [5, 5.41) is 0. The minimum absolute atomic E-state index is 0.371. The van der Waals surface area contributed by atoms with Gasteiger partial charge in [-0.2, -0.15) is 0 Å². The second-order valence-electron chi connectivity index (χ2n) is 8.11. The monoisotopic (exact) mass is 341 g/mol. The van der Waals surface area contributed by atoms with Crippen molar-refractivity contribution < 1.29 is 4.79 Å². The fourth-order valence-electron chi connectivity index (χ4n) is 4.85. The molecule has 136 valence electrons. The first-order valence-corrected chi connectivity index (χ1v) is 10.1. The number of amides is 1. The second-order valence-corrected chi connectivity index (χ2v) is 8.11. The zero-order valence-corrected chi connectivity index (χ0v) is 15.3. The maximum absolute atomic E-state index is 12.3. The van der Waals surface area contributed by atoms with E-state index in [2.05, 4.69) is 45.0 Å². The molecule has 0 unspecified atom stereocenters. The molecule has 0 saturated carbocycles. The number of hydrogen-bond donors (Lipinski definition) is 0. The van der Waals surface area contributed by atoms with Crippen LogP contribution in [0.4, 0.5) is 0 Å². The van der Waals surface area contributed by atoms with Crippen molar-refractivity contribution in [2.75, 3.05) is 39.3 Å². The van der Waals surface area contributed by atoms with Crippen LogP contribution in [0.25, 0.3) is 0 Å². The second kappa shape index (κ2) is 7.88. The lowest BCUT2D eigenvalue weighted by Gasteiger charge is -2.36. The molecule has 1 aromatic rings. The number of benzene rings is 1. The fourth-order valence-corrected chi connectivity index (χ4v) is 4.85. The van der Waals surface area contributed by atoms with Crippen molar-refractivity contribution in [3.8, 4) is 0 Å². The molecule has 0 aromatic heterocycles. The van der Waals surface area contributed by atoms with Gasteiger partial charge < -0.3 is 9.80 Å². The lowest BCUT2D eigenvalue weighted by Crippen LogP contribution is -2.43. The van der Waals surface area contributed by atoms with E-state index in [9.17, 15) is 4.79 Å². The summed E-state index contributed by atoms with van der Waals surface area (Å²) in [7, 11) is 0. The molecule has 0 N–H and O–H groups in total. The molecule has 4 aliphatic rings. The van der Waals surface area contributed by atoms with Crippen LogP contribution in [-0.2, 0) is 11.3 Å². The van der Waals surface area contributed by atoms with E-state index >= 15 is 0 Å². The molecule has 1 aromatic carbocycles. The number of hydrogen-bond acceptors (Lipinski definition) is 3. The summed E-state index contributed by atoms with van der Waals surface area (Å²) in [5.74, 6) is 1.14. The third-order valence-electron chi connectivity index (χ3n) is 6.23. The van der Waals surface area contributed by atoms with Crippen LogP contribution in [0.1, 0.15) is 37.7 Å². The first-order chi connectivity index (χ1) is 12.3. The lowest BCUT2D eigenvalue weighted by atomic mass is 9.94. The average Bonchev–Trinajstić information content (AvgIpc) is 3.04. The quantitative estimate of drug-likeness (QED) is 0.824. The number of nitrogens with zero attached hydrogens (tertiary/aromatic N) is 3. The zero-order valence-electron chi connectivity index (χ0n) is 15.3. The molecule has 4 nitrogen and oxygen atoms in total. The number of carbonyl (C=O) groups is 1. The number of likely N-dealkylation sites (tertiary alicyclic amines) is 1. The molecular weight excluding hydrogens is 310 g/mol. The highest BCUT2D eigenvalue weighted by Gasteiger charge is 2.34. The summed E-state index contributed by atoms with van der Waals surface area (Å²) in [6.45, 7) is 7.51. The van der Waals surface area contributed by atoms with Gasteiger partial charge in [0.15, 0.2) is 0 Å². The molecule has 4 heterocycles. The molecule has 0 spiro atoms. The Balaban J connectivity index is 1.32. The van der Waals surface area contributed by atoms with E-state index in [0.29, 0.717) is 18.4 Å². The van der Waals surface area contributed by atoms with Crippen molar-refractivity contribution in [3.05, 3.63) is 35.9 Å². The number of fused-ring (bicyclic) bond motifs is 4. The van der Waals surface area contributed by atoms with Crippen molar-refractivity contribution in [1.82, 2.24) is 14.7 Å². The topological polar surface area (TPSA) is 26.8 Å². The fraction of sp³-hybridized carbons (Fsp3) is 0.667. The first-order valence-electron chi connectivity index (χ1n) is 10.1. The predicted octanol–water partition coefficient (Wildman–Crippen LogP) is 2.60. The highest BCUT2D eigenvalue weighted by atomic mass is 16.2. The summed E-state index contributed by atoms with van der Waals surface area (Å²) in [4.78, 5) is 19.7. The van der Waals surface area contributed by atoms with E-state index in [4.69, 9.17) is 0 Å². The van der Waals surface area contributed by atoms with E-state index in [0.717, 1.165) is 38.6 Å². The lowest BCUT2D eigenvalue weighted by molar-refractivity contribution is -0.130. The standard InChI is InChI=1S/C21H31N3O/c25-21(23-11-4-5-12-23)10-13-22-14-19-8-9-20(17-22)24(16-19)15-18-6-2-1-3-7-18/h1-3,6-7,19-20H,4-5,8-17H2/t19-,20+/m1/s1. The van der Waals surface area contributed by atoms with E-state index in [-0.39, 0.29) is 0 Å². The Labute approximate surface area is 151 Å². The van der Waals surface area contributed by atoms with Crippen LogP contribution in [0.15, 0.2) is 30.3 Å². The molecule has 0 radical (unpaired) electrons.